The highest BCUT2D eigenvalue weighted by Gasteiger charge is 2.62. The Hall–Kier alpha value is -1.76. The van der Waals surface area contributed by atoms with Crippen LogP contribution in [0.2, 0.25) is 23.2 Å². The molecule has 2 atom stereocenters. The molecule has 1 aliphatic heterocycles. The SMILES string of the molecule is CC(C)(C)[Si](C)(C)C(=O)/C=C/[C@@H]1O[C@H]1[Si](c1ccccc1)(c1ccccc1)C(C)(C)C. The number of allylic oxidation sites excluding steroid dienone is 1. The Morgan fingerprint density at radius 3 is 1.65 bits per heavy atom. The van der Waals surface area contributed by atoms with Crippen molar-refractivity contribution in [3.8, 4) is 0 Å². The lowest BCUT2D eigenvalue weighted by Crippen LogP contribution is -2.69. The lowest BCUT2D eigenvalue weighted by atomic mass is 10.2. The van der Waals surface area contributed by atoms with Crippen LogP contribution in [0.5, 0.6) is 0 Å². The lowest BCUT2D eigenvalue weighted by Gasteiger charge is -2.43. The van der Waals surface area contributed by atoms with Crippen LogP contribution in [0.25, 0.3) is 0 Å². The number of carbonyl (C=O) groups excluding carboxylic acids is 1. The molecular weight excluding hydrogens is 412 g/mol. The molecule has 0 radical (unpaired) electrons. The highest BCUT2D eigenvalue weighted by Crippen LogP contribution is 2.46. The van der Waals surface area contributed by atoms with Crippen molar-refractivity contribution in [3.05, 3.63) is 72.8 Å². The first kappa shape index (κ1) is 23.9. The van der Waals surface area contributed by atoms with Crippen LogP contribution < -0.4 is 10.4 Å². The van der Waals surface area contributed by atoms with Crippen molar-refractivity contribution in [1.29, 1.82) is 0 Å². The fraction of sp³-hybridized carbons (Fsp3) is 0.444. The van der Waals surface area contributed by atoms with Gasteiger partial charge in [0.25, 0.3) is 0 Å². The van der Waals surface area contributed by atoms with Crippen LogP contribution in [0.15, 0.2) is 72.8 Å². The average molecular weight is 451 g/mol. The summed E-state index contributed by atoms with van der Waals surface area (Å²) in [6.07, 6.45) is 3.88. The summed E-state index contributed by atoms with van der Waals surface area (Å²) in [5.74, 6) is 0. The van der Waals surface area contributed by atoms with Gasteiger partial charge in [0.15, 0.2) is 8.07 Å². The van der Waals surface area contributed by atoms with Gasteiger partial charge in [-0.3, -0.25) is 0 Å². The van der Waals surface area contributed by atoms with Crippen LogP contribution in [0.3, 0.4) is 0 Å². The van der Waals surface area contributed by atoms with Gasteiger partial charge in [-0.1, -0.05) is 132 Å². The summed E-state index contributed by atoms with van der Waals surface area (Å²) in [6.45, 7) is 17.9. The molecule has 1 fully saturated rings. The average Bonchev–Trinajstić information content (AvgIpc) is 3.46. The van der Waals surface area contributed by atoms with Crippen LogP contribution in [-0.4, -0.2) is 33.4 Å². The molecule has 0 aliphatic carbocycles. The summed E-state index contributed by atoms with van der Waals surface area (Å²) in [6, 6.07) is 21.8. The second-order valence-corrected chi connectivity index (χ2v) is 21.5. The van der Waals surface area contributed by atoms with Gasteiger partial charge in [-0.05, 0) is 16.2 Å². The first-order valence-corrected chi connectivity index (χ1v) is 16.4. The second kappa shape index (κ2) is 8.30. The maximum Gasteiger partial charge on any atom is 0.157 e. The van der Waals surface area contributed by atoms with E-state index >= 15 is 0 Å². The highest BCUT2D eigenvalue weighted by atomic mass is 28.3. The smallest absolute Gasteiger partial charge is 0.157 e. The van der Waals surface area contributed by atoms with E-state index in [9.17, 15) is 4.79 Å². The van der Waals surface area contributed by atoms with Crippen LogP contribution in [0.4, 0.5) is 0 Å². The minimum absolute atomic E-state index is 0.0000206. The standard InChI is InChI=1S/C27H38O2Si2/c1-26(2,3)30(7,8)24(28)20-19-23-25(29-23)31(27(4,5)6,21-15-11-9-12-16-21)22-17-13-10-14-18-22/h9-20,23,25H,1-8H3/b20-19+/t23-,25-/m0/s1. The number of hydrogen-bond donors (Lipinski definition) is 0. The van der Waals surface area contributed by atoms with Crippen molar-refractivity contribution >= 4 is 31.9 Å². The van der Waals surface area contributed by atoms with Gasteiger partial charge in [-0.25, -0.2) is 0 Å². The van der Waals surface area contributed by atoms with E-state index in [2.05, 4.69) is 115 Å². The molecule has 0 unspecified atom stereocenters. The van der Waals surface area contributed by atoms with Crippen LogP contribution in [-0.2, 0) is 9.53 Å². The van der Waals surface area contributed by atoms with E-state index in [1.165, 1.54) is 10.4 Å². The van der Waals surface area contributed by atoms with Crippen molar-refractivity contribution in [2.45, 2.75) is 76.5 Å². The second-order valence-electron chi connectivity index (χ2n) is 11.4. The Morgan fingerprint density at radius 1 is 0.806 bits per heavy atom. The van der Waals surface area contributed by atoms with Crippen molar-refractivity contribution in [3.63, 3.8) is 0 Å². The maximum atomic E-state index is 13.1. The van der Waals surface area contributed by atoms with E-state index in [1.807, 2.05) is 12.2 Å². The van der Waals surface area contributed by atoms with E-state index in [-0.39, 0.29) is 21.9 Å². The van der Waals surface area contributed by atoms with E-state index in [4.69, 9.17) is 4.74 Å². The number of rotatable bonds is 6. The number of hydrogen-bond acceptors (Lipinski definition) is 2. The van der Waals surface area contributed by atoms with E-state index < -0.39 is 16.1 Å². The van der Waals surface area contributed by atoms with Gasteiger partial charge >= 0.3 is 0 Å². The molecule has 0 saturated carbocycles. The minimum Gasteiger partial charge on any atom is -0.368 e. The highest BCUT2D eigenvalue weighted by molar-refractivity contribution is 7.07. The fourth-order valence-corrected chi connectivity index (χ4v) is 11.8. The quantitative estimate of drug-likeness (QED) is 0.329. The molecule has 3 rings (SSSR count). The lowest BCUT2D eigenvalue weighted by molar-refractivity contribution is -0.108. The van der Waals surface area contributed by atoms with Gasteiger partial charge < -0.3 is 9.53 Å². The zero-order chi connectivity index (χ0) is 23.1. The monoisotopic (exact) mass is 450 g/mol. The number of benzene rings is 2. The van der Waals surface area contributed by atoms with Crippen molar-refractivity contribution in [2.75, 3.05) is 0 Å². The Kier molecular flexibility index (Phi) is 6.40. The van der Waals surface area contributed by atoms with Crippen molar-refractivity contribution < 1.29 is 9.53 Å². The summed E-state index contributed by atoms with van der Waals surface area (Å²) in [4.78, 5) is 13.1. The number of ether oxygens (including phenoxy) is 1. The Labute approximate surface area is 190 Å². The molecule has 0 amide bonds. The van der Waals surface area contributed by atoms with E-state index in [0.717, 1.165) is 0 Å². The van der Waals surface area contributed by atoms with Crippen molar-refractivity contribution in [1.82, 2.24) is 0 Å². The van der Waals surface area contributed by atoms with E-state index in [0.29, 0.717) is 5.41 Å². The molecule has 166 valence electrons. The van der Waals surface area contributed by atoms with Gasteiger partial charge in [0, 0.05) is 0 Å². The molecule has 0 aromatic heterocycles. The molecule has 1 heterocycles. The Morgan fingerprint density at radius 2 is 1.26 bits per heavy atom. The third kappa shape index (κ3) is 4.30. The van der Waals surface area contributed by atoms with Gasteiger partial charge in [0.05, 0.1) is 5.73 Å². The molecule has 0 bridgehead atoms. The molecule has 1 aliphatic rings. The summed E-state index contributed by atoms with van der Waals surface area (Å²) in [5.41, 5.74) is 0.126. The zero-order valence-corrected chi connectivity index (χ0v) is 22.4. The van der Waals surface area contributed by atoms with Crippen molar-refractivity contribution in [2.24, 2.45) is 0 Å². The predicted molar refractivity (Wildman–Crippen MR) is 138 cm³/mol. The van der Waals surface area contributed by atoms with Gasteiger partial charge in [-0.2, -0.15) is 0 Å². The summed E-state index contributed by atoms with van der Waals surface area (Å²) >= 11 is 0. The first-order valence-electron chi connectivity index (χ1n) is 11.3. The predicted octanol–water partition coefficient (Wildman–Crippen LogP) is 5.53. The van der Waals surface area contributed by atoms with Gasteiger partial charge in [0.2, 0.25) is 0 Å². The molecule has 4 heteroatoms. The molecule has 2 aromatic carbocycles. The van der Waals surface area contributed by atoms with Gasteiger partial charge in [0.1, 0.15) is 19.6 Å². The molecule has 1 saturated heterocycles. The van der Waals surface area contributed by atoms with Crippen LogP contribution >= 0.6 is 0 Å². The van der Waals surface area contributed by atoms with E-state index in [1.54, 1.807) is 0 Å². The van der Waals surface area contributed by atoms with Crippen LogP contribution in [0, 0.1) is 0 Å². The minimum atomic E-state index is -2.31. The summed E-state index contributed by atoms with van der Waals surface area (Å²) in [7, 11) is -4.36. The molecule has 2 aromatic rings. The molecule has 0 N–H and O–H groups in total. The largest absolute Gasteiger partial charge is 0.368 e. The number of epoxide rings is 1. The van der Waals surface area contributed by atoms with Gasteiger partial charge in [-0.15, -0.1) is 0 Å². The maximum absolute atomic E-state index is 13.1. The molecule has 2 nitrogen and oxygen atoms in total. The Balaban J connectivity index is 2.01. The molecule has 31 heavy (non-hydrogen) atoms. The first-order chi connectivity index (χ1) is 14.3. The third-order valence-electron chi connectivity index (χ3n) is 7.52. The zero-order valence-electron chi connectivity index (χ0n) is 20.4. The Bertz CT molecular complexity index is 895. The normalized spacial score (nSPS) is 20.1. The van der Waals surface area contributed by atoms with Crippen LogP contribution in [0.1, 0.15) is 41.5 Å². The number of carbonyl (C=O) groups is 1. The topological polar surface area (TPSA) is 29.6 Å². The third-order valence-corrected chi connectivity index (χ3v) is 18.8. The summed E-state index contributed by atoms with van der Waals surface area (Å²) in [5, 5.41) is 3.18. The molecule has 0 spiro atoms. The molecular formula is C27H38O2Si2. The summed E-state index contributed by atoms with van der Waals surface area (Å²) < 4.78 is 6.40. The fourth-order valence-electron chi connectivity index (χ4n) is 4.57.